The Balaban J connectivity index is 1.51. The third kappa shape index (κ3) is 4.15. The number of benzene rings is 2. The molecule has 2 aromatic carbocycles. The lowest BCUT2D eigenvalue weighted by Crippen LogP contribution is -2.30. The predicted molar refractivity (Wildman–Crippen MR) is 118 cm³/mol. The lowest BCUT2D eigenvalue weighted by atomic mass is 10.2. The highest BCUT2D eigenvalue weighted by molar-refractivity contribution is 7.89. The summed E-state index contributed by atoms with van der Waals surface area (Å²) in [6.45, 7) is 5.84. The van der Waals surface area contributed by atoms with E-state index in [-0.39, 0.29) is 0 Å². The molecule has 0 fully saturated rings. The molecule has 9 heteroatoms. The van der Waals surface area contributed by atoms with E-state index in [0.717, 1.165) is 35.5 Å². The Kier molecular flexibility index (Phi) is 5.97. The highest BCUT2D eigenvalue weighted by Gasteiger charge is 2.26. The molecule has 31 heavy (non-hydrogen) atoms. The highest BCUT2D eigenvalue weighted by Crippen LogP contribution is 2.32. The zero-order valence-electron chi connectivity index (χ0n) is 17.9. The number of rotatable bonds is 8. The average Bonchev–Trinajstić information content (AvgIpc) is 3.42. The number of sulfonamides is 1. The maximum absolute atomic E-state index is 12.8. The molecular formula is C22H26N4O4S. The van der Waals surface area contributed by atoms with Crippen molar-refractivity contribution in [1.82, 2.24) is 14.4 Å². The quantitative estimate of drug-likeness (QED) is 0.529. The van der Waals surface area contributed by atoms with Gasteiger partial charge in [0.1, 0.15) is 5.75 Å². The lowest BCUT2D eigenvalue weighted by Gasteiger charge is -2.20. The molecule has 0 aliphatic carbocycles. The number of hydrogen-bond acceptors (Lipinski definition) is 7. The van der Waals surface area contributed by atoms with E-state index in [1.165, 1.54) is 4.31 Å². The van der Waals surface area contributed by atoms with Crippen LogP contribution in [0.5, 0.6) is 5.75 Å². The molecular weight excluding hydrogens is 416 g/mol. The molecule has 0 amide bonds. The van der Waals surface area contributed by atoms with Gasteiger partial charge in [-0.1, -0.05) is 19.0 Å². The number of anilines is 1. The highest BCUT2D eigenvalue weighted by atomic mass is 32.2. The van der Waals surface area contributed by atoms with Crippen LogP contribution >= 0.6 is 0 Å². The molecule has 1 aliphatic rings. The van der Waals surface area contributed by atoms with Crippen molar-refractivity contribution < 1.29 is 17.7 Å². The van der Waals surface area contributed by atoms with Crippen LogP contribution in [-0.4, -0.2) is 49.6 Å². The fourth-order valence-corrected chi connectivity index (χ4v) is 5.33. The van der Waals surface area contributed by atoms with Gasteiger partial charge in [-0.2, -0.15) is 9.29 Å². The van der Waals surface area contributed by atoms with Crippen molar-refractivity contribution in [3.05, 3.63) is 53.9 Å². The van der Waals surface area contributed by atoms with Gasteiger partial charge in [0, 0.05) is 30.9 Å². The molecule has 2 heterocycles. The van der Waals surface area contributed by atoms with Crippen LogP contribution in [0.25, 0.3) is 11.4 Å². The van der Waals surface area contributed by atoms with Gasteiger partial charge in [0.25, 0.3) is 0 Å². The van der Waals surface area contributed by atoms with Gasteiger partial charge in [0.05, 0.1) is 18.6 Å². The molecule has 0 radical (unpaired) electrons. The molecule has 0 N–H and O–H groups in total. The molecule has 0 spiro atoms. The van der Waals surface area contributed by atoms with Crippen molar-refractivity contribution >= 4 is 15.7 Å². The number of ether oxygens (including phenoxy) is 1. The first-order valence-electron chi connectivity index (χ1n) is 10.3. The van der Waals surface area contributed by atoms with E-state index in [4.69, 9.17) is 9.26 Å². The van der Waals surface area contributed by atoms with Crippen molar-refractivity contribution in [2.45, 2.75) is 31.7 Å². The molecule has 3 aromatic rings. The van der Waals surface area contributed by atoms with Crippen molar-refractivity contribution in [3.8, 4) is 17.1 Å². The van der Waals surface area contributed by atoms with Gasteiger partial charge < -0.3 is 14.2 Å². The summed E-state index contributed by atoms with van der Waals surface area (Å²) in [6.07, 6.45) is 0.774. The first kappa shape index (κ1) is 21.3. The average molecular weight is 443 g/mol. The maximum Gasteiger partial charge on any atom is 0.246 e. The molecule has 4 rings (SSSR count). The minimum atomic E-state index is -3.47. The summed E-state index contributed by atoms with van der Waals surface area (Å²) in [5.74, 6) is 1.81. The van der Waals surface area contributed by atoms with Gasteiger partial charge in [-0.25, -0.2) is 8.42 Å². The van der Waals surface area contributed by atoms with E-state index < -0.39 is 10.0 Å². The van der Waals surface area contributed by atoms with Gasteiger partial charge in [-0.15, -0.1) is 0 Å². The largest absolute Gasteiger partial charge is 0.497 e. The van der Waals surface area contributed by atoms with E-state index in [2.05, 4.69) is 15.0 Å². The van der Waals surface area contributed by atoms with Crippen LogP contribution in [0.4, 0.5) is 5.69 Å². The number of nitrogens with zero attached hydrogens (tertiary/aromatic N) is 4. The summed E-state index contributed by atoms with van der Waals surface area (Å²) in [5.41, 5.74) is 2.87. The van der Waals surface area contributed by atoms with Gasteiger partial charge in [-0.05, 0) is 54.4 Å². The Morgan fingerprint density at radius 1 is 1.13 bits per heavy atom. The molecule has 0 bridgehead atoms. The maximum atomic E-state index is 12.8. The molecule has 0 saturated heterocycles. The minimum Gasteiger partial charge on any atom is -0.497 e. The van der Waals surface area contributed by atoms with E-state index in [9.17, 15) is 8.42 Å². The number of hydrogen-bond donors (Lipinski definition) is 0. The summed E-state index contributed by atoms with van der Waals surface area (Å²) in [7, 11) is -1.84. The summed E-state index contributed by atoms with van der Waals surface area (Å²) in [5, 5.41) is 4.09. The predicted octanol–water partition coefficient (Wildman–Crippen LogP) is 3.34. The Morgan fingerprint density at radius 3 is 2.55 bits per heavy atom. The van der Waals surface area contributed by atoms with Crippen LogP contribution < -0.4 is 9.64 Å². The molecule has 164 valence electrons. The summed E-state index contributed by atoms with van der Waals surface area (Å²) in [4.78, 5) is 6.99. The van der Waals surface area contributed by atoms with Crippen LogP contribution in [0.3, 0.4) is 0 Å². The second-order valence-electron chi connectivity index (χ2n) is 7.29. The second-order valence-corrected chi connectivity index (χ2v) is 9.23. The van der Waals surface area contributed by atoms with Crippen molar-refractivity contribution in [3.63, 3.8) is 0 Å². The number of aromatic nitrogens is 2. The van der Waals surface area contributed by atoms with Crippen LogP contribution in [0.2, 0.25) is 0 Å². The SMILES string of the molecule is CCN(CC)S(=O)(=O)c1ccc2c(c1)CCN2Cc1nc(-c2ccc(OC)cc2)no1. The van der Waals surface area contributed by atoms with E-state index >= 15 is 0 Å². The van der Waals surface area contributed by atoms with Crippen LogP contribution in [0.1, 0.15) is 25.3 Å². The molecule has 8 nitrogen and oxygen atoms in total. The first-order valence-corrected chi connectivity index (χ1v) is 11.7. The smallest absolute Gasteiger partial charge is 0.246 e. The zero-order chi connectivity index (χ0) is 22.0. The van der Waals surface area contributed by atoms with Gasteiger partial charge in [0.2, 0.25) is 21.7 Å². The van der Waals surface area contributed by atoms with E-state index in [0.29, 0.717) is 36.2 Å². The van der Waals surface area contributed by atoms with Crippen LogP contribution in [0.15, 0.2) is 51.9 Å². The van der Waals surface area contributed by atoms with E-state index in [1.807, 2.05) is 44.2 Å². The number of methoxy groups -OCH3 is 1. The van der Waals surface area contributed by atoms with Gasteiger partial charge in [0.15, 0.2) is 0 Å². The molecule has 0 saturated carbocycles. The van der Waals surface area contributed by atoms with Gasteiger partial charge >= 0.3 is 0 Å². The molecule has 0 unspecified atom stereocenters. The Morgan fingerprint density at radius 2 is 1.87 bits per heavy atom. The number of fused-ring (bicyclic) bond motifs is 1. The Bertz CT molecular complexity index is 1150. The molecule has 1 aromatic heterocycles. The van der Waals surface area contributed by atoms with Crippen molar-refractivity contribution in [1.29, 1.82) is 0 Å². The fourth-order valence-electron chi connectivity index (χ4n) is 3.82. The van der Waals surface area contributed by atoms with Crippen molar-refractivity contribution in [2.24, 2.45) is 0 Å². The third-order valence-electron chi connectivity index (χ3n) is 5.53. The summed E-state index contributed by atoms with van der Waals surface area (Å²) < 4.78 is 37.7. The molecule has 1 aliphatic heterocycles. The topological polar surface area (TPSA) is 88.8 Å². The minimum absolute atomic E-state index is 0.344. The molecule has 0 atom stereocenters. The zero-order valence-corrected chi connectivity index (χ0v) is 18.7. The van der Waals surface area contributed by atoms with Crippen molar-refractivity contribution in [2.75, 3.05) is 31.6 Å². The summed E-state index contributed by atoms with van der Waals surface area (Å²) >= 11 is 0. The second kappa shape index (κ2) is 8.68. The van der Waals surface area contributed by atoms with E-state index in [1.54, 1.807) is 19.2 Å². The van der Waals surface area contributed by atoms with Gasteiger partial charge in [-0.3, -0.25) is 0 Å². The first-order chi connectivity index (χ1) is 15.0. The van der Waals surface area contributed by atoms with Crippen LogP contribution in [0, 0.1) is 0 Å². The Labute approximate surface area is 182 Å². The third-order valence-corrected chi connectivity index (χ3v) is 7.57. The lowest BCUT2D eigenvalue weighted by molar-refractivity contribution is 0.377. The normalized spacial score (nSPS) is 13.6. The monoisotopic (exact) mass is 442 g/mol. The fraction of sp³-hybridized carbons (Fsp3) is 0.364. The van der Waals surface area contributed by atoms with Crippen LogP contribution in [-0.2, 0) is 23.0 Å². The summed E-state index contributed by atoms with van der Waals surface area (Å²) in [6, 6.07) is 12.8. The standard InChI is InChI=1S/C22H26N4O4S/c1-4-26(5-2)31(27,28)19-10-11-20-17(14-19)12-13-25(20)15-21-23-22(24-30-21)16-6-8-18(29-3)9-7-16/h6-11,14H,4-5,12-13,15H2,1-3H3. The Hall–Kier alpha value is -2.91.